The van der Waals surface area contributed by atoms with Gasteiger partial charge >= 0.3 is 6.18 Å². The molecule has 1 saturated heterocycles. The fourth-order valence-electron chi connectivity index (χ4n) is 3.87. The van der Waals surface area contributed by atoms with Crippen LogP contribution in [0.4, 0.5) is 24.0 Å². The predicted octanol–water partition coefficient (Wildman–Crippen LogP) is 4.46. The van der Waals surface area contributed by atoms with Gasteiger partial charge in [0.1, 0.15) is 4.70 Å². The molecule has 0 atom stereocenters. The highest BCUT2D eigenvalue weighted by Crippen LogP contribution is 2.39. The highest BCUT2D eigenvalue weighted by atomic mass is 32.1. The van der Waals surface area contributed by atoms with Crippen molar-refractivity contribution in [3.05, 3.63) is 73.6 Å². The Morgan fingerprint density at radius 1 is 1.19 bits per heavy atom. The molecule has 0 bridgehead atoms. The second-order valence-corrected chi connectivity index (χ2v) is 8.57. The number of non-ortho nitro benzene ring substituents is 1. The molecule has 0 saturated carbocycles. The van der Waals surface area contributed by atoms with E-state index in [9.17, 15) is 33.2 Å². The summed E-state index contributed by atoms with van der Waals surface area (Å²) in [5, 5.41) is 20.5. The van der Waals surface area contributed by atoms with Crippen molar-refractivity contribution in [3.63, 3.8) is 0 Å². The number of piperidine rings is 1. The van der Waals surface area contributed by atoms with Gasteiger partial charge in [-0.25, -0.2) is 0 Å². The lowest BCUT2D eigenvalue weighted by Crippen LogP contribution is -2.34. The number of hydrogen-bond acceptors (Lipinski definition) is 7. The number of rotatable bonds is 4. The molecule has 0 radical (unpaired) electrons. The Hall–Kier alpha value is -3.05. The molecule has 0 amide bonds. The molecular weight excluding hydrogens is 447 g/mol. The molecule has 1 aliphatic rings. The number of nitrogens with zero attached hydrogens (tertiary/aromatic N) is 3. The monoisotopic (exact) mass is 465 g/mol. The van der Waals surface area contributed by atoms with E-state index in [-0.39, 0.29) is 22.4 Å². The van der Waals surface area contributed by atoms with Crippen LogP contribution in [0.1, 0.15) is 35.4 Å². The van der Waals surface area contributed by atoms with Gasteiger partial charge < -0.3 is 10.0 Å². The zero-order chi connectivity index (χ0) is 23.0. The van der Waals surface area contributed by atoms with Gasteiger partial charge in [-0.15, -0.1) is 0 Å². The van der Waals surface area contributed by atoms with Crippen LogP contribution in [-0.4, -0.2) is 28.1 Å². The highest BCUT2D eigenvalue weighted by Gasteiger charge is 2.34. The van der Waals surface area contributed by atoms with Crippen LogP contribution >= 0.6 is 11.3 Å². The second-order valence-electron chi connectivity index (χ2n) is 7.59. The van der Waals surface area contributed by atoms with Crippen LogP contribution in [0, 0.1) is 10.1 Å². The van der Waals surface area contributed by atoms with Crippen molar-refractivity contribution in [2.45, 2.75) is 31.5 Å². The molecule has 2 aromatic carbocycles. The van der Waals surface area contributed by atoms with E-state index in [0.717, 1.165) is 35.3 Å². The van der Waals surface area contributed by atoms with Crippen LogP contribution < -0.4 is 10.5 Å². The maximum absolute atomic E-state index is 13.1. The van der Waals surface area contributed by atoms with Gasteiger partial charge in [0.05, 0.1) is 22.5 Å². The van der Waals surface area contributed by atoms with Crippen molar-refractivity contribution in [2.75, 3.05) is 18.0 Å². The molecule has 1 fully saturated rings. The fourth-order valence-corrected chi connectivity index (χ4v) is 4.99. The summed E-state index contributed by atoms with van der Waals surface area (Å²) in [7, 11) is 0. The summed E-state index contributed by atoms with van der Waals surface area (Å²) in [6.07, 6.45) is -3.30. The van der Waals surface area contributed by atoms with E-state index < -0.39 is 33.3 Å². The number of nitro groups is 1. The Labute approximate surface area is 183 Å². The zero-order valence-electron chi connectivity index (χ0n) is 16.6. The van der Waals surface area contributed by atoms with E-state index in [1.54, 1.807) is 0 Å². The Kier molecular flexibility index (Phi) is 5.87. The van der Waals surface area contributed by atoms with Crippen molar-refractivity contribution >= 4 is 32.2 Å². The molecule has 0 unspecified atom stereocenters. The lowest BCUT2D eigenvalue weighted by atomic mass is 9.89. The SMILES string of the molecule is O=c1nc(N2CCC(c3ccc(CO)cc3)CC2)sc2c([N+](=O)[O-])cc(C(F)(F)F)cc12. The Morgan fingerprint density at radius 2 is 1.84 bits per heavy atom. The summed E-state index contributed by atoms with van der Waals surface area (Å²) >= 11 is 0.862. The molecule has 168 valence electrons. The van der Waals surface area contributed by atoms with E-state index in [0.29, 0.717) is 25.2 Å². The highest BCUT2D eigenvalue weighted by molar-refractivity contribution is 7.22. The summed E-state index contributed by atoms with van der Waals surface area (Å²) in [5.74, 6) is 0.278. The zero-order valence-corrected chi connectivity index (χ0v) is 17.4. The molecule has 2 heterocycles. The molecule has 1 aliphatic heterocycles. The van der Waals surface area contributed by atoms with Crippen LogP contribution in [0.2, 0.25) is 0 Å². The summed E-state index contributed by atoms with van der Waals surface area (Å²) in [4.78, 5) is 28.8. The van der Waals surface area contributed by atoms with E-state index in [1.807, 2.05) is 29.2 Å². The van der Waals surface area contributed by atoms with Crippen molar-refractivity contribution in [1.29, 1.82) is 0 Å². The average molecular weight is 465 g/mol. The van der Waals surface area contributed by atoms with Gasteiger partial charge in [0.25, 0.3) is 11.2 Å². The van der Waals surface area contributed by atoms with E-state index in [2.05, 4.69) is 4.98 Å². The van der Waals surface area contributed by atoms with Gasteiger partial charge in [-0.1, -0.05) is 35.6 Å². The smallest absolute Gasteiger partial charge is 0.392 e. The van der Waals surface area contributed by atoms with Gasteiger partial charge in [0, 0.05) is 19.2 Å². The van der Waals surface area contributed by atoms with E-state index >= 15 is 0 Å². The number of aliphatic hydroxyl groups excluding tert-OH is 1. The van der Waals surface area contributed by atoms with E-state index in [4.69, 9.17) is 0 Å². The van der Waals surface area contributed by atoms with Crippen molar-refractivity contribution in [3.8, 4) is 0 Å². The summed E-state index contributed by atoms with van der Waals surface area (Å²) in [6, 6.07) is 8.77. The summed E-state index contributed by atoms with van der Waals surface area (Å²) < 4.78 is 39.2. The van der Waals surface area contributed by atoms with Crippen molar-refractivity contribution in [2.24, 2.45) is 0 Å². The third kappa shape index (κ3) is 4.30. The van der Waals surface area contributed by atoms with Crippen LogP contribution in [0.15, 0.2) is 41.2 Å². The van der Waals surface area contributed by atoms with Gasteiger partial charge in [0.2, 0.25) is 0 Å². The standard InChI is InChI=1S/C21H18F3N3O4S/c22-21(23,24)15-9-16-18(17(10-15)27(30)31)32-20(25-19(16)29)26-7-5-14(6-8-26)13-3-1-12(11-28)2-4-13/h1-4,9-10,14,28H,5-8,11H2. The minimum atomic E-state index is -4.81. The van der Waals surface area contributed by atoms with Gasteiger partial charge in [0.15, 0.2) is 5.13 Å². The van der Waals surface area contributed by atoms with Gasteiger partial charge in [-0.05, 0) is 36.0 Å². The number of benzene rings is 2. The lowest BCUT2D eigenvalue weighted by molar-refractivity contribution is -0.383. The van der Waals surface area contributed by atoms with Crippen molar-refractivity contribution in [1.82, 2.24) is 4.98 Å². The largest absolute Gasteiger partial charge is 0.416 e. The molecule has 1 aromatic heterocycles. The van der Waals surface area contributed by atoms with E-state index in [1.165, 1.54) is 0 Å². The number of aromatic nitrogens is 1. The first-order chi connectivity index (χ1) is 15.2. The van der Waals surface area contributed by atoms with Gasteiger partial charge in [-0.3, -0.25) is 14.9 Å². The van der Waals surface area contributed by atoms with Crippen LogP contribution in [0.3, 0.4) is 0 Å². The third-order valence-electron chi connectivity index (χ3n) is 5.61. The Balaban J connectivity index is 1.63. The van der Waals surface area contributed by atoms with Crippen LogP contribution in [0.5, 0.6) is 0 Å². The van der Waals surface area contributed by atoms with Gasteiger partial charge in [-0.2, -0.15) is 18.2 Å². The quantitative estimate of drug-likeness (QED) is 0.452. The number of halogens is 3. The number of alkyl halides is 3. The minimum absolute atomic E-state index is 0.0259. The molecule has 11 heteroatoms. The number of aliphatic hydroxyl groups is 1. The average Bonchev–Trinajstić information content (AvgIpc) is 2.78. The number of anilines is 1. The molecule has 32 heavy (non-hydrogen) atoms. The predicted molar refractivity (Wildman–Crippen MR) is 114 cm³/mol. The Morgan fingerprint density at radius 3 is 2.41 bits per heavy atom. The molecule has 1 N–H and O–H groups in total. The van der Waals surface area contributed by atoms with Crippen molar-refractivity contribution < 1.29 is 23.2 Å². The number of fused-ring (bicyclic) bond motifs is 1. The molecular formula is C21H18F3N3O4S. The number of nitro benzene ring substituents is 1. The maximum atomic E-state index is 13.1. The lowest BCUT2D eigenvalue weighted by Gasteiger charge is -2.32. The fraction of sp³-hybridized carbons (Fsp3) is 0.333. The molecule has 3 aromatic rings. The first-order valence-electron chi connectivity index (χ1n) is 9.82. The first-order valence-corrected chi connectivity index (χ1v) is 10.6. The topological polar surface area (TPSA) is 96.6 Å². The second kappa shape index (κ2) is 8.47. The maximum Gasteiger partial charge on any atom is 0.416 e. The van der Waals surface area contributed by atoms with Crippen LogP contribution in [-0.2, 0) is 12.8 Å². The first kappa shape index (κ1) is 22.2. The minimum Gasteiger partial charge on any atom is -0.392 e. The molecule has 0 spiro atoms. The molecule has 0 aliphatic carbocycles. The number of hydrogen-bond donors (Lipinski definition) is 1. The third-order valence-corrected chi connectivity index (χ3v) is 6.78. The summed E-state index contributed by atoms with van der Waals surface area (Å²) in [5.41, 5.74) is -0.948. The summed E-state index contributed by atoms with van der Waals surface area (Å²) in [6.45, 7) is 1.08. The Bertz CT molecular complexity index is 1220. The molecule has 4 rings (SSSR count). The molecule has 7 nitrogen and oxygen atoms in total. The van der Waals surface area contributed by atoms with Crippen LogP contribution in [0.25, 0.3) is 10.1 Å². The normalized spacial score (nSPS) is 15.3.